The molecule has 1 aliphatic carbocycles. The summed E-state index contributed by atoms with van der Waals surface area (Å²) in [5.41, 5.74) is 3.01. The summed E-state index contributed by atoms with van der Waals surface area (Å²) >= 11 is 6.29. The second-order valence-corrected chi connectivity index (χ2v) is 5.92. The lowest BCUT2D eigenvalue weighted by atomic mass is 10.2. The van der Waals surface area contributed by atoms with E-state index in [0.717, 1.165) is 23.6 Å². The first-order valence-electron chi connectivity index (χ1n) is 7.20. The first kappa shape index (κ1) is 14.4. The Balaban J connectivity index is 1.62. The van der Waals surface area contributed by atoms with Crippen molar-refractivity contribution in [3.63, 3.8) is 0 Å². The molecule has 0 amide bonds. The predicted molar refractivity (Wildman–Crippen MR) is 81.6 cm³/mol. The Hall–Kier alpha value is -1.52. The minimum Gasteiger partial charge on any atom is -0.487 e. The van der Waals surface area contributed by atoms with Crippen LogP contribution in [0.4, 0.5) is 0 Å². The Labute approximate surface area is 129 Å². The van der Waals surface area contributed by atoms with Gasteiger partial charge in [-0.1, -0.05) is 22.8 Å². The molecule has 1 fully saturated rings. The lowest BCUT2D eigenvalue weighted by Crippen LogP contribution is -2.15. The molecule has 1 saturated carbocycles. The van der Waals surface area contributed by atoms with Crippen LogP contribution in [0.15, 0.2) is 22.7 Å². The molecule has 3 rings (SSSR count). The molecule has 5 heteroatoms. The highest BCUT2D eigenvalue weighted by molar-refractivity contribution is 6.32. The van der Waals surface area contributed by atoms with Gasteiger partial charge in [0.25, 0.3) is 0 Å². The summed E-state index contributed by atoms with van der Waals surface area (Å²) in [5, 5.41) is 8.02. The lowest BCUT2D eigenvalue weighted by molar-refractivity contribution is 0.302. The molecule has 4 nitrogen and oxygen atoms in total. The molecule has 112 valence electrons. The van der Waals surface area contributed by atoms with Crippen LogP contribution in [0.3, 0.4) is 0 Å². The average molecular weight is 307 g/mol. The fraction of sp³-hybridized carbons (Fsp3) is 0.438. The zero-order valence-corrected chi connectivity index (χ0v) is 13.0. The number of nitrogens with zero attached hydrogens (tertiary/aromatic N) is 1. The monoisotopic (exact) mass is 306 g/mol. The fourth-order valence-corrected chi connectivity index (χ4v) is 2.44. The minimum atomic E-state index is 0.417. The van der Waals surface area contributed by atoms with Gasteiger partial charge in [-0.05, 0) is 44.4 Å². The Bertz CT molecular complexity index is 616. The van der Waals surface area contributed by atoms with Crippen molar-refractivity contribution in [2.75, 3.05) is 0 Å². The third-order valence-corrected chi connectivity index (χ3v) is 4.02. The number of nitrogens with one attached hydrogen (secondary N) is 1. The van der Waals surface area contributed by atoms with Crippen molar-refractivity contribution in [3.8, 4) is 5.75 Å². The van der Waals surface area contributed by atoms with Gasteiger partial charge in [0.2, 0.25) is 0 Å². The van der Waals surface area contributed by atoms with Crippen molar-refractivity contribution in [1.29, 1.82) is 0 Å². The van der Waals surface area contributed by atoms with Gasteiger partial charge in [0, 0.05) is 12.6 Å². The van der Waals surface area contributed by atoms with Crippen molar-refractivity contribution < 1.29 is 9.26 Å². The molecule has 0 saturated heterocycles. The molecule has 0 bridgehead atoms. The Morgan fingerprint density at radius 1 is 1.38 bits per heavy atom. The highest BCUT2D eigenvalue weighted by Crippen LogP contribution is 2.27. The molecule has 0 spiro atoms. The SMILES string of the molecule is Cc1noc(C)c1COc1ccc(CNC2CC2)cc1Cl. The predicted octanol–water partition coefficient (Wildman–Crippen LogP) is 3.78. The number of halogens is 1. The smallest absolute Gasteiger partial charge is 0.140 e. The molecule has 0 radical (unpaired) electrons. The van der Waals surface area contributed by atoms with Crippen LogP contribution in [0.1, 0.15) is 35.4 Å². The molecule has 2 aromatic rings. The molecule has 0 aliphatic heterocycles. The summed E-state index contributed by atoms with van der Waals surface area (Å²) in [4.78, 5) is 0. The number of hydrogen-bond acceptors (Lipinski definition) is 4. The van der Waals surface area contributed by atoms with Crippen LogP contribution in [0.2, 0.25) is 5.02 Å². The van der Waals surface area contributed by atoms with E-state index in [1.807, 2.05) is 32.0 Å². The lowest BCUT2D eigenvalue weighted by Gasteiger charge is -2.10. The largest absolute Gasteiger partial charge is 0.487 e. The highest BCUT2D eigenvalue weighted by Gasteiger charge is 2.20. The maximum absolute atomic E-state index is 6.29. The summed E-state index contributed by atoms with van der Waals surface area (Å²) in [6.07, 6.45) is 2.57. The van der Waals surface area contributed by atoms with E-state index in [4.69, 9.17) is 20.9 Å². The molecular weight excluding hydrogens is 288 g/mol. The number of benzene rings is 1. The van der Waals surface area contributed by atoms with Crippen LogP contribution in [0.25, 0.3) is 0 Å². The van der Waals surface area contributed by atoms with E-state index in [2.05, 4.69) is 10.5 Å². The molecule has 21 heavy (non-hydrogen) atoms. The maximum Gasteiger partial charge on any atom is 0.140 e. The number of rotatable bonds is 6. The van der Waals surface area contributed by atoms with Gasteiger partial charge in [-0.15, -0.1) is 0 Å². The zero-order valence-electron chi connectivity index (χ0n) is 12.3. The topological polar surface area (TPSA) is 47.3 Å². The average Bonchev–Trinajstić information content (AvgIpc) is 3.24. The number of aromatic nitrogens is 1. The third-order valence-electron chi connectivity index (χ3n) is 3.72. The zero-order chi connectivity index (χ0) is 14.8. The molecule has 1 aromatic heterocycles. The summed E-state index contributed by atoms with van der Waals surface area (Å²) in [6.45, 7) is 5.06. The second-order valence-electron chi connectivity index (χ2n) is 5.51. The van der Waals surface area contributed by atoms with Gasteiger partial charge >= 0.3 is 0 Å². The summed E-state index contributed by atoms with van der Waals surface area (Å²) in [7, 11) is 0. The fourth-order valence-electron chi connectivity index (χ4n) is 2.18. The van der Waals surface area contributed by atoms with Crippen LogP contribution in [-0.2, 0) is 13.2 Å². The first-order chi connectivity index (χ1) is 10.1. The van der Waals surface area contributed by atoms with Crippen LogP contribution >= 0.6 is 11.6 Å². The number of ether oxygens (including phenoxy) is 1. The minimum absolute atomic E-state index is 0.417. The molecule has 1 aromatic carbocycles. The van der Waals surface area contributed by atoms with Crippen LogP contribution in [0, 0.1) is 13.8 Å². The van der Waals surface area contributed by atoms with E-state index in [0.29, 0.717) is 23.4 Å². The van der Waals surface area contributed by atoms with Gasteiger partial charge in [0.1, 0.15) is 18.1 Å². The quantitative estimate of drug-likeness (QED) is 0.882. The van der Waals surface area contributed by atoms with E-state index in [-0.39, 0.29) is 0 Å². The van der Waals surface area contributed by atoms with Crippen molar-refractivity contribution in [2.24, 2.45) is 0 Å². The molecule has 0 atom stereocenters. The van der Waals surface area contributed by atoms with Crippen molar-refractivity contribution in [2.45, 2.75) is 45.9 Å². The van der Waals surface area contributed by atoms with Crippen LogP contribution in [0.5, 0.6) is 5.75 Å². The Morgan fingerprint density at radius 3 is 2.81 bits per heavy atom. The second kappa shape index (κ2) is 6.08. The first-order valence-corrected chi connectivity index (χ1v) is 7.57. The third kappa shape index (κ3) is 3.57. The van der Waals surface area contributed by atoms with Crippen LogP contribution < -0.4 is 10.1 Å². The number of aryl methyl sites for hydroxylation is 2. The van der Waals surface area contributed by atoms with Gasteiger partial charge < -0.3 is 14.6 Å². The molecular formula is C16H19ClN2O2. The Kier molecular flexibility index (Phi) is 4.17. The van der Waals surface area contributed by atoms with Crippen LogP contribution in [-0.4, -0.2) is 11.2 Å². The van der Waals surface area contributed by atoms with E-state index in [1.165, 1.54) is 18.4 Å². The van der Waals surface area contributed by atoms with Gasteiger partial charge in [0.05, 0.1) is 16.3 Å². The summed E-state index contributed by atoms with van der Waals surface area (Å²) in [6, 6.07) is 6.62. The maximum atomic E-state index is 6.29. The van der Waals surface area contributed by atoms with Crippen molar-refractivity contribution >= 4 is 11.6 Å². The van der Waals surface area contributed by atoms with Gasteiger partial charge in [-0.3, -0.25) is 0 Å². The highest BCUT2D eigenvalue weighted by atomic mass is 35.5. The van der Waals surface area contributed by atoms with Gasteiger partial charge in [-0.25, -0.2) is 0 Å². The van der Waals surface area contributed by atoms with Crippen molar-refractivity contribution in [3.05, 3.63) is 45.8 Å². The van der Waals surface area contributed by atoms with Crippen molar-refractivity contribution in [1.82, 2.24) is 10.5 Å². The van der Waals surface area contributed by atoms with E-state index in [1.54, 1.807) is 0 Å². The van der Waals surface area contributed by atoms with E-state index < -0.39 is 0 Å². The van der Waals surface area contributed by atoms with E-state index >= 15 is 0 Å². The van der Waals surface area contributed by atoms with Gasteiger partial charge in [0.15, 0.2) is 0 Å². The molecule has 0 unspecified atom stereocenters. The summed E-state index contributed by atoms with van der Waals surface area (Å²) in [5.74, 6) is 1.47. The summed E-state index contributed by atoms with van der Waals surface area (Å²) < 4.78 is 10.9. The Morgan fingerprint density at radius 2 is 2.19 bits per heavy atom. The van der Waals surface area contributed by atoms with E-state index in [9.17, 15) is 0 Å². The molecule has 1 heterocycles. The number of hydrogen-bond donors (Lipinski definition) is 1. The molecule has 1 aliphatic rings. The normalized spacial score (nSPS) is 14.4. The van der Waals surface area contributed by atoms with Gasteiger partial charge in [-0.2, -0.15) is 0 Å². The standard InChI is InChI=1S/C16H19ClN2O2/c1-10-14(11(2)21-19-10)9-20-16-6-3-12(7-15(16)17)8-18-13-4-5-13/h3,6-7,13,18H,4-5,8-9H2,1-2H3. The molecule has 1 N–H and O–H groups in total.